The van der Waals surface area contributed by atoms with E-state index in [1.165, 1.54) is 10.9 Å². The molecule has 1 heterocycles. The number of nitrogens with two attached hydrogens (primary N) is 1. The van der Waals surface area contributed by atoms with Gasteiger partial charge in [0.15, 0.2) is 0 Å². The van der Waals surface area contributed by atoms with E-state index in [1.54, 1.807) is 37.8 Å². The summed E-state index contributed by atoms with van der Waals surface area (Å²) in [4.78, 5) is 3.63. The lowest BCUT2D eigenvalue weighted by Gasteiger charge is -1.79. The maximum Gasteiger partial charge on any atom is 0.108 e. The summed E-state index contributed by atoms with van der Waals surface area (Å²) in [6, 6.07) is 1.77. The molecule has 5 nitrogen and oxygen atoms in total. The highest BCUT2D eigenvalue weighted by Crippen LogP contribution is 1.74. The van der Waals surface area contributed by atoms with Crippen LogP contribution < -0.4 is 5.73 Å². The van der Waals surface area contributed by atoms with E-state index in [9.17, 15) is 0 Å². The van der Waals surface area contributed by atoms with Gasteiger partial charge in [-0.1, -0.05) is 0 Å². The van der Waals surface area contributed by atoms with E-state index in [1.807, 2.05) is 0 Å². The first kappa shape index (κ1) is 11.1. The van der Waals surface area contributed by atoms with Gasteiger partial charge in [-0.3, -0.25) is 10.4 Å². The molecule has 1 rings (SSSR count). The summed E-state index contributed by atoms with van der Waals surface area (Å²) >= 11 is 0. The average Bonchev–Trinajstić information content (AvgIpc) is 2.68. The Morgan fingerprint density at radius 1 is 1.62 bits per heavy atom. The minimum absolute atomic E-state index is 1.14. The molecule has 0 aliphatic carbocycles. The van der Waals surface area contributed by atoms with Crippen LogP contribution in [0.5, 0.6) is 0 Å². The van der Waals surface area contributed by atoms with Gasteiger partial charge >= 0.3 is 0 Å². The number of nitrogens with one attached hydrogen (secondary N) is 1. The van der Waals surface area contributed by atoms with Gasteiger partial charge < -0.3 is 5.73 Å². The van der Waals surface area contributed by atoms with Crippen LogP contribution in [0, 0.1) is 5.41 Å². The van der Waals surface area contributed by atoms with Crippen molar-refractivity contribution in [3.63, 3.8) is 0 Å². The summed E-state index contributed by atoms with van der Waals surface area (Å²) < 4.78 is 1.42. The number of allylic oxidation sites excluding steroid dienone is 1. The fourth-order valence-corrected chi connectivity index (χ4v) is 0.493. The van der Waals surface area contributed by atoms with Crippen molar-refractivity contribution < 1.29 is 0 Å². The molecule has 70 valence electrons. The maximum atomic E-state index is 6.64. The molecule has 0 aromatic carbocycles. The number of hydrogen-bond donors (Lipinski definition) is 2. The standard InChI is InChI=1S/C4H5N3.C4H8N2/c5-4-7-3-1-2-6-7;1-6-4-2-3-5/h1-5H;2-4H,5H2,1H3/b;3-2-,6-4?. The molecule has 0 aliphatic rings. The molecule has 13 heavy (non-hydrogen) atoms. The van der Waals surface area contributed by atoms with Crippen LogP contribution in [0.2, 0.25) is 0 Å². The predicted octanol–water partition coefficient (Wildman–Crippen LogP) is 0.498. The van der Waals surface area contributed by atoms with E-state index in [0.717, 1.165) is 6.34 Å². The molecule has 5 heteroatoms. The van der Waals surface area contributed by atoms with Gasteiger partial charge in [-0.2, -0.15) is 5.10 Å². The summed E-state index contributed by atoms with van der Waals surface area (Å²) in [6.07, 6.45) is 9.20. The third-order valence-electron chi connectivity index (χ3n) is 1.00. The molecule has 0 aliphatic heterocycles. The Balaban J connectivity index is 0.000000226. The number of aliphatic imine (C=N–C) groups is 1. The van der Waals surface area contributed by atoms with Gasteiger partial charge in [-0.05, 0) is 18.3 Å². The Morgan fingerprint density at radius 3 is 2.62 bits per heavy atom. The Kier molecular flexibility index (Phi) is 6.99. The molecule has 0 saturated heterocycles. The van der Waals surface area contributed by atoms with Crippen molar-refractivity contribution in [3.05, 3.63) is 30.7 Å². The van der Waals surface area contributed by atoms with Gasteiger partial charge in [0.05, 0.1) is 0 Å². The molecule has 1 aromatic heterocycles. The Bertz CT molecular complexity index is 250. The van der Waals surface area contributed by atoms with Gasteiger partial charge in [0.25, 0.3) is 0 Å². The molecule has 0 unspecified atom stereocenters. The number of hydrogen-bond acceptors (Lipinski definition) is 4. The van der Waals surface area contributed by atoms with E-state index >= 15 is 0 Å². The van der Waals surface area contributed by atoms with Crippen LogP contribution in [0.1, 0.15) is 0 Å². The molecular formula is C8H13N5. The first-order chi connectivity index (χ1) is 6.35. The van der Waals surface area contributed by atoms with E-state index in [0.29, 0.717) is 0 Å². The number of rotatable bonds is 2. The molecule has 0 fully saturated rings. The van der Waals surface area contributed by atoms with E-state index in [4.69, 9.17) is 11.1 Å². The molecular weight excluding hydrogens is 166 g/mol. The first-order valence-corrected chi connectivity index (χ1v) is 3.64. The zero-order chi connectivity index (χ0) is 9.94. The third kappa shape index (κ3) is 6.49. The highest BCUT2D eigenvalue weighted by molar-refractivity contribution is 5.70. The van der Waals surface area contributed by atoms with Gasteiger partial charge in [0.2, 0.25) is 0 Å². The fraction of sp³-hybridized carbons (Fsp3) is 0.125. The van der Waals surface area contributed by atoms with Crippen molar-refractivity contribution in [2.45, 2.75) is 0 Å². The van der Waals surface area contributed by atoms with Crippen LogP contribution >= 0.6 is 0 Å². The smallest absolute Gasteiger partial charge is 0.108 e. The highest BCUT2D eigenvalue weighted by atomic mass is 15.3. The minimum Gasteiger partial charge on any atom is -0.405 e. The largest absolute Gasteiger partial charge is 0.405 e. The van der Waals surface area contributed by atoms with Gasteiger partial charge in [-0.25, -0.2) is 4.68 Å². The van der Waals surface area contributed by atoms with Gasteiger partial charge in [-0.15, -0.1) is 0 Å². The lowest BCUT2D eigenvalue weighted by Crippen LogP contribution is -1.91. The third-order valence-corrected chi connectivity index (χ3v) is 1.00. The fourth-order valence-electron chi connectivity index (χ4n) is 0.493. The van der Waals surface area contributed by atoms with Crippen molar-refractivity contribution in [3.8, 4) is 0 Å². The van der Waals surface area contributed by atoms with Crippen LogP contribution in [0.3, 0.4) is 0 Å². The van der Waals surface area contributed by atoms with E-state index < -0.39 is 0 Å². The normalized spacial score (nSPS) is 9.92. The lowest BCUT2D eigenvalue weighted by molar-refractivity contribution is 0.950. The van der Waals surface area contributed by atoms with Crippen molar-refractivity contribution in [2.24, 2.45) is 10.7 Å². The Labute approximate surface area is 77.1 Å². The van der Waals surface area contributed by atoms with Gasteiger partial charge in [0.1, 0.15) is 6.34 Å². The van der Waals surface area contributed by atoms with Crippen molar-refractivity contribution >= 4 is 12.6 Å². The van der Waals surface area contributed by atoms with Crippen molar-refractivity contribution in [1.82, 2.24) is 9.78 Å². The molecule has 0 bridgehead atoms. The second-order valence-electron chi connectivity index (χ2n) is 1.91. The zero-order valence-corrected chi connectivity index (χ0v) is 7.46. The SMILES string of the molecule is CN=C/C=C\N.N=Cn1cccn1. The second-order valence-corrected chi connectivity index (χ2v) is 1.91. The molecule has 3 N–H and O–H groups in total. The minimum atomic E-state index is 1.14. The lowest BCUT2D eigenvalue weighted by atomic mass is 10.7. The van der Waals surface area contributed by atoms with E-state index in [-0.39, 0.29) is 0 Å². The highest BCUT2D eigenvalue weighted by Gasteiger charge is 1.74. The average molecular weight is 179 g/mol. The maximum absolute atomic E-state index is 6.64. The van der Waals surface area contributed by atoms with Crippen LogP contribution in [0.4, 0.5) is 0 Å². The quantitative estimate of drug-likeness (QED) is 0.512. The Hall–Kier alpha value is -1.91. The summed E-state index contributed by atoms with van der Waals surface area (Å²) in [7, 11) is 1.69. The summed E-state index contributed by atoms with van der Waals surface area (Å²) in [6.45, 7) is 0. The first-order valence-electron chi connectivity index (χ1n) is 3.64. The zero-order valence-electron chi connectivity index (χ0n) is 7.46. The summed E-state index contributed by atoms with van der Waals surface area (Å²) in [5.74, 6) is 0. The number of aromatic nitrogens is 2. The van der Waals surface area contributed by atoms with Crippen molar-refractivity contribution in [1.29, 1.82) is 5.41 Å². The molecule has 0 radical (unpaired) electrons. The van der Waals surface area contributed by atoms with Crippen LogP contribution in [-0.4, -0.2) is 29.4 Å². The molecule has 1 aromatic rings. The van der Waals surface area contributed by atoms with Crippen molar-refractivity contribution in [2.75, 3.05) is 7.05 Å². The summed E-state index contributed by atoms with van der Waals surface area (Å²) in [5, 5.41) is 10.3. The van der Waals surface area contributed by atoms with Gasteiger partial charge in [0, 0.05) is 25.7 Å². The van der Waals surface area contributed by atoms with Crippen LogP contribution in [-0.2, 0) is 0 Å². The second kappa shape index (κ2) is 8.19. The molecule has 0 amide bonds. The molecule has 0 spiro atoms. The van der Waals surface area contributed by atoms with E-state index in [2.05, 4.69) is 10.1 Å². The topological polar surface area (TPSA) is 80.0 Å². The summed E-state index contributed by atoms with van der Waals surface area (Å²) in [5.41, 5.74) is 4.94. The molecule has 0 atom stereocenters. The molecule has 0 saturated carbocycles. The Morgan fingerprint density at radius 2 is 2.38 bits per heavy atom. The number of nitrogens with zero attached hydrogens (tertiary/aromatic N) is 3. The monoisotopic (exact) mass is 179 g/mol. The predicted molar refractivity (Wildman–Crippen MR) is 54.2 cm³/mol. The van der Waals surface area contributed by atoms with Crippen LogP contribution in [0.25, 0.3) is 0 Å². The van der Waals surface area contributed by atoms with Crippen LogP contribution in [0.15, 0.2) is 35.7 Å².